The van der Waals surface area contributed by atoms with Crippen molar-refractivity contribution in [3.8, 4) is 0 Å². The molecule has 24 heavy (non-hydrogen) atoms. The average molecular weight is 325 g/mol. The zero-order valence-electron chi connectivity index (χ0n) is 13.4. The van der Waals surface area contributed by atoms with Gasteiger partial charge in [-0.05, 0) is 19.0 Å². The Morgan fingerprint density at radius 1 is 1.46 bits per heavy atom. The fourth-order valence-corrected chi connectivity index (χ4v) is 3.36. The van der Waals surface area contributed by atoms with Gasteiger partial charge in [-0.2, -0.15) is 10.2 Å². The molecule has 8 heteroatoms. The van der Waals surface area contributed by atoms with Crippen LogP contribution in [0.15, 0.2) is 30.9 Å². The molecular formula is C16H19N7O. The highest BCUT2D eigenvalue weighted by Gasteiger charge is 2.29. The van der Waals surface area contributed by atoms with E-state index in [4.69, 9.17) is 0 Å². The minimum atomic E-state index is -0.0935. The van der Waals surface area contributed by atoms with Crippen LogP contribution in [0, 0.1) is 0 Å². The van der Waals surface area contributed by atoms with Gasteiger partial charge >= 0.3 is 0 Å². The average Bonchev–Trinajstić information content (AvgIpc) is 3.34. The van der Waals surface area contributed by atoms with Crippen LogP contribution in [0.3, 0.4) is 0 Å². The highest BCUT2D eigenvalue weighted by molar-refractivity contribution is 5.95. The van der Waals surface area contributed by atoms with Gasteiger partial charge in [0.25, 0.3) is 5.91 Å². The number of nitrogens with zero attached hydrogens (tertiary/aromatic N) is 5. The molecule has 1 aliphatic rings. The molecule has 4 heterocycles. The molecule has 0 aromatic carbocycles. The lowest BCUT2D eigenvalue weighted by atomic mass is 10.0. The van der Waals surface area contributed by atoms with E-state index in [1.165, 1.54) is 0 Å². The van der Waals surface area contributed by atoms with Crippen molar-refractivity contribution in [2.24, 2.45) is 0 Å². The molecule has 1 amide bonds. The Labute approximate surface area is 138 Å². The summed E-state index contributed by atoms with van der Waals surface area (Å²) in [5, 5.41) is 14.1. The first-order valence-electron chi connectivity index (χ1n) is 8.01. The quantitative estimate of drug-likeness (QED) is 0.740. The number of H-pyrrole nitrogens is 1. The summed E-state index contributed by atoms with van der Waals surface area (Å²) in [6, 6.07) is 1.87. The number of hydrogen-bond acceptors (Lipinski definition) is 5. The van der Waals surface area contributed by atoms with Crippen molar-refractivity contribution in [2.75, 3.05) is 20.1 Å². The van der Waals surface area contributed by atoms with Crippen LogP contribution in [0.2, 0.25) is 0 Å². The minimum absolute atomic E-state index is 0.0935. The smallest absolute Gasteiger partial charge is 0.254 e. The SMILES string of the molecule is CNC(=O)c1cn[nH]c1C1CCN(Cc2cnn3cccnc23)C1. The molecule has 1 unspecified atom stereocenters. The molecule has 1 atom stereocenters. The van der Waals surface area contributed by atoms with Crippen molar-refractivity contribution in [3.05, 3.63) is 47.7 Å². The van der Waals surface area contributed by atoms with Crippen molar-refractivity contribution < 1.29 is 4.79 Å². The molecule has 2 N–H and O–H groups in total. The predicted octanol–water partition coefficient (Wildman–Crippen LogP) is 0.801. The third kappa shape index (κ3) is 2.54. The number of fused-ring (bicyclic) bond motifs is 1. The van der Waals surface area contributed by atoms with Crippen LogP contribution in [0.25, 0.3) is 5.65 Å². The molecule has 1 fully saturated rings. The Hall–Kier alpha value is -2.74. The van der Waals surface area contributed by atoms with Gasteiger partial charge in [0, 0.05) is 44.0 Å². The summed E-state index contributed by atoms with van der Waals surface area (Å²) in [5.41, 5.74) is 3.58. The first kappa shape index (κ1) is 14.8. The van der Waals surface area contributed by atoms with E-state index in [1.807, 2.05) is 18.5 Å². The lowest BCUT2D eigenvalue weighted by Crippen LogP contribution is -2.22. The number of amides is 1. The van der Waals surface area contributed by atoms with E-state index >= 15 is 0 Å². The summed E-state index contributed by atoms with van der Waals surface area (Å²) in [5.74, 6) is 0.193. The third-order valence-electron chi connectivity index (χ3n) is 4.57. The van der Waals surface area contributed by atoms with Crippen LogP contribution in [-0.2, 0) is 6.54 Å². The maximum Gasteiger partial charge on any atom is 0.254 e. The highest BCUT2D eigenvalue weighted by Crippen LogP contribution is 2.29. The first-order valence-corrected chi connectivity index (χ1v) is 8.01. The molecule has 0 saturated carbocycles. The van der Waals surface area contributed by atoms with E-state index in [0.717, 1.165) is 43.0 Å². The summed E-state index contributed by atoms with van der Waals surface area (Å²) in [7, 11) is 1.64. The fourth-order valence-electron chi connectivity index (χ4n) is 3.36. The second kappa shape index (κ2) is 6.04. The van der Waals surface area contributed by atoms with Crippen LogP contribution in [-0.4, -0.2) is 55.7 Å². The molecule has 1 aliphatic heterocycles. The predicted molar refractivity (Wildman–Crippen MR) is 87.6 cm³/mol. The molecule has 0 radical (unpaired) electrons. The topological polar surface area (TPSA) is 91.2 Å². The maximum atomic E-state index is 11.9. The zero-order valence-corrected chi connectivity index (χ0v) is 13.4. The molecule has 4 rings (SSSR count). The van der Waals surface area contributed by atoms with Gasteiger partial charge in [0.2, 0.25) is 0 Å². The Morgan fingerprint density at radius 3 is 3.25 bits per heavy atom. The van der Waals surface area contributed by atoms with Gasteiger partial charge in [0.1, 0.15) is 0 Å². The van der Waals surface area contributed by atoms with Gasteiger partial charge in [0.05, 0.1) is 23.7 Å². The number of likely N-dealkylation sites (tertiary alicyclic amines) is 1. The van der Waals surface area contributed by atoms with Crippen LogP contribution in [0.4, 0.5) is 0 Å². The van der Waals surface area contributed by atoms with E-state index in [9.17, 15) is 4.79 Å². The highest BCUT2D eigenvalue weighted by atomic mass is 16.1. The second-order valence-corrected chi connectivity index (χ2v) is 6.05. The van der Waals surface area contributed by atoms with Gasteiger partial charge in [-0.3, -0.25) is 14.8 Å². The monoisotopic (exact) mass is 325 g/mol. The Bertz CT molecular complexity index is 868. The summed E-state index contributed by atoms with van der Waals surface area (Å²) in [6.07, 6.45) is 8.17. The third-order valence-corrected chi connectivity index (χ3v) is 4.57. The van der Waals surface area contributed by atoms with Crippen molar-refractivity contribution >= 4 is 11.6 Å². The van der Waals surface area contributed by atoms with Crippen LogP contribution in [0.5, 0.6) is 0 Å². The lowest BCUT2D eigenvalue weighted by molar-refractivity contribution is 0.0961. The minimum Gasteiger partial charge on any atom is -0.355 e. The van der Waals surface area contributed by atoms with Crippen molar-refractivity contribution in [1.82, 2.24) is 35.0 Å². The molecule has 3 aromatic rings. The molecular weight excluding hydrogens is 306 g/mol. The number of aromatic nitrogens is 5. The Kier molecular flexibility index (Phi) is 3.73. The molecule has 0 spiro atoms. The second-order valence-electron chi connectivity index (χ2n) is 6.05. The summed E-state index contributed by atoms with van der Waals surface area (Å²) < 4.78 is 1.79. The standard InChI is InChI=1S/C16H19N7O/c1-17-16(24)13-8-19-21-14(13)11-3-6-22(9-11)10-12-7-20-23-5-2-4-18-15(12)23/h2,4-5,7-8,11H,3,6,9-10H2,1H3,(H,17,24)(H,19,21). The summed E-state index contributed by atoms with van der Waals surface area (Å²) in [4.78, 5) is 18.7. The number of aromatic amines is 1. The van der Waals surface area contributed by atoms with Crippen molar-refractivity contribution in [3.63, 3.8) is 0 Å². The number of nitrogens with one attached hydrogen (secondary N) is 2. The molecule has 0 aliphatic carbocycles. The van der Waals surface area contributed by atoms with E-state index in [2.05, 4.69) is 30.5 Å². The lowest BCUT2D eigenvalue weighted by Gasteiger charge is -2.15. The van der Waals surface area contributed by atoms with Crippen molar-refractivity contribution in [1.29, 1.82) is 0 Å². The Balaban J connectivity index is 1.49. The molecule has 124 valence electrons. The number of hydrogen-bond donors (Lipinski definition) is 2. The number of rotatable bonds is 4. The van der Waals surface area contributed by atoms with Gasteiger partial charge in [0.15, 0.2) is 5.65 Å². The summed E-state index contributed by atoms with van der Waals surface area (Å²) >= 11 is 0. The Morgan fingerprint density at radius 2 is 2.38 bits per heavy atom. The molecule has 1 saturated heterocycles. The van der Waals surface area contributed by atoms with Gasteiger partial charge in [-0.15, -0.1) is 0 Å². The summed E-state index contributed by atoms with van der Waals surface area (Å²) in [6.45, 7) is 2.66. The number of carbonyl (C=O) groups is 1. The molecule has 3 aromatic heterocycles. The van der Waals surface area contributed by atoms with E-state index < -0.39 is 0 Å². The largest absolute Gasteiger partial charge is 0.355 e. The van der Waals surface area contributed by atoms with E-state index in [-0.39, 0.29) is 11.8 Å². The number of carbonyl (C=O) groups excluding carboxylic acids is 1. The molecule has 0 bridgehead atoms. The van der Waals surface area contributed by atoms with Gasteiger partial charge < -0.3 is 5.32 Å². The normalized spacial score (nSPS) is 18.3. The fraction of sp³-hybridized carbons (Fsp3) is 0.375. The van der Waals surface area contributed by atoms with Gasteiger partial charge in [-0.1, -0.05) is 0 Å². The van der Waals surface area contributed by atoms with Gasteiger partial charge in [-0.25, -0.2) is 9.50 Å². The molecule has 8 nitrogen and oxygen atoms in total. The van der Waals surface area contributed by atoms with E-state index in [1.54, 1.807) is 24.0 Å². The van der Waals surface area contributed by atoms with E-state index in [0.29, 0.717) is 5.56 Å². The zero-order chi connectivity index (χ0) is 16.5. The van der Waals surface area contributed by atoms with Crippen molar-refractivity contribution in [2.45, 2.75) is 18.9 Å². The maximum absolute atomic E-state index is 11.9. The van der Waals surface area contributed by atoms with Crippen LogP contribution < -0.4 is 5.32 Å². The van der Waals surface area contributed by atoms with Crippen LogP contribution in [0.1, 0.15) is 34.0 Å². The first-order chi connectivity index (χ1) is 11.8. The van der Waals surface area contributed by atoms with Crippen LogP contribution >= 0.6 is 0 Å².